The van der Waals surface area contributed by atoms with Crippen molar-refractivity contribution in [2.45, 2.75) is 58.6 Å². The van der Waals surface area contributed by atoms with Gasteiger partial charge in [0.2, 0.25) is 0 Å². The molecule has 1 saturated heterocycles. The van der Waals surface area contributed by atoms with Crippen molar-refractivity contribution in [3.8, 4) is 0 Å². The molecule has 0 aromatic carbocycles. The lowest BCUT2D eigenvalue weighted by Gasteiger charge is -2.27. The van der Waals surface area contributed by atoms with E-state index in [1.165, 1.54) is 0 Å². The van der Waals surface area contributed by atoms with Gasteiger partial charge < -0.3 is 10.1 Å². The third-order valence-electron chi connectivity index (χ3n) is 4.02. The summed E-state index contributed by atoms with van der Waals surface area (Å²) in [5.74, 6) is 1.09. The van der Waals surface area contributed by atoms with Crippen LogP contribution in [-0.2, 0) is 14.6 Å². The largest absolute Gasteiger partial charge is 0.378 e. The van der Waals surface area contributed by atoms with Crippen LogP contribution in [0.4, 0.5) is 0 Å². The summed E-state index contributed by atoms with van der Waals surface area (Å²) in [7, 11) is -2.83. The van der Waals surface area contributed by atoms with Crippen molar-refractivity contribution < 1.29 is 13.2 Å². The molecule has 19 heavy (non-hydrogen) atoms. The lowest BCUT2D eigenvalue weighted by molar-refractivity contribution is 0.0942. The third kappa shape index (κ3) is 5.79. The van der Waals surface area contributed by atoms with Crippen molar-refractivity contribution in [3.05, 3.63) is 0 Å². The van der Waals surface area contributed by atoms with Crippen LogP contribution in [0.5, 0.6) is 0 Å². The van der Waals surface area contributed by atoms with Crippen LogP contribution in [-0.4, -0.2) is 45.2 Å². The van der Waals surface area contributed by atoms with Gasteiger partial charge in [-0.2, -0.15) is 0 Å². The fraction of sp³-hybridized carbons (Fsp3) is 1.00. The van der Waals surface area contributed by atoms with Crippen LogP contribution in [0.25, 0.3) is 0 Å². The van der Waals surface area contributed by atoms with Crippen molar-refractivity contribution in [1.82, 2.24) is 5.32 Å². The molecule has 0 amide bonds. The molecule has 4 nitrogen and oxygen atoms in total. The van der Waals surface area contributed by atoms with Gasteiger partial charge in [-0.15, -0.1) is 0 Å². The van der Waals surface area contributed by atoms with Gasteiger partial charge in [0, 0.05) is 24.3 Å². The second-order valence-electron chi connectivity index (χ2n) is 5.47. The first-order valence-corrected chi connectivity index (χ1v) is 9.37. The first-order valence-electron chi connectivity index (χ1n) is 7.55. The highest BCUT2D eigenvalue weighted by atomic mass is 32.2. The highest BCUT2D eigenvalue weighted by Gasteiger charge is 2.31. The van der Waals surface area contributed by atoms with Gasteiger partial charge in [-0.05, 0) is 39.2 Å². The van der Waals surface area contributed by atoms with Gasteiger partial charge >= 0.3 is 0 Å². The highest BCUT2D eigenvalue weighted by molar-refractivity contribution is 7.91. The van der Waals surface area contributed by atoms with Crippen LogP contribution < -0.4 is 5.32 Å². The Labute approximate surface area is 118 Å². The minimum Gasteiger partial charge on any atom is -0.378 e. The molecule has 3 atom stereocenters. The Hall–Kier alpha value is -0.130. The molecule has 1 aliphatic heterocycles. The van der Waals surface area contributed by atoms with E-state index in [0.717, 1.165) is 38.8 Å². The second kappa shape index (κ2) is 8.22. The lowest BCUT2D eigenvalue weighted by atomic mass is 9.90. The molecule has 5 heteroatoms. The van der Waals surface area contributed by atoms with Crippen LogP contribution in [0.2, 0.25) is 0 Å². The Morgan fingerprint density at radius 1 is 1.37 bits per heavy atom. The van der Waals surface area contributed by atoms with Gasteiger partial charge in [-0.25, -0.2) is 8.42 Å². The summed E-state index contributed by atoms with van der Waals surface area (Å²) >= 11 is 0. The highest BCUT2D eigenvalue weighted by Crippen LogP contribution is 2.26. The molecule has 0 spiro atoms. The van der Waals surface area contributed by atoms with Crippen molar-refractivity contribution in [2.75, 3.05) is 24.7 Å². The molecule has 0 aromatic heterocycles. The zero-order valence-electron chi connectivity index (χ0n) is 12.5. The molecular weight excluding hydrogens is 262 g/mol. The zero-order valence-corrected chi connectivity index (χ0v) is 13.3. The van der Waals surface area contributed by atoms with E-state index in [2.05, 4.69) is 19.2 Å². The second-order valence-corrected chi connectivity index (χ2v) is 7.94. The molecular formula is C14H29NO3S. The molecule has 0 bridgehead atoms. The lowest BCUT2D eigenvalue weighted by Crippen LogP contribution is -2.40. The summed E-state index contributed by atoms with van der Waals surface area (Å²) in [6, 6.07) is 0.393. The molecule has 1 heterocycles. The van der Waals surface area contributed by atoms with Crippen LogP contribution in [0.1, 0.15) is 46.5 Å². The normalized spacial score (nSPS) is 25.6. The van der Waals surface area contributed by atoms with E-state index in [-0.39, 0.29) is 11.9 Å². The first-order chi connectivity index (χ1) is 9.00. The van der Waals surface area contributed by atoms with Gasteiger partial charge in [0.05, 0.1) is 11.9 Å². The van der Waals surface area contributed by atoms with E-state index in [0.29, 0.717) is 17.7 Å². The number of ether oxygens (including phenoxy) is 1. The van der Waals surface area contributed by atoms with Gasteiger partial charge in [0.15, 0.2) is 0 Å². The van der Waals surface area contributed by atoms with E-state index >= 15 is 0 Å². The van der Waals surface area contributed by atoms with Crippen molar-refractivity contribution in [1.29, 1.82) is 0 Å². The van der Waals surface area contributed by atoms with Crippen molar-refractivity contribution >= 4 is 9.84 Å². The smallest absolute Gasteiger partial charge is 0.150 e. The van der Waals surface area contributed by atoms with E-state index in [9.17, 15) is 8.42 Å². The Morgan fingerprint density at radius 3 is 2.63 bits per heavy atom. The number of hydrogen-bond donors (Lipinski definition) is 1. The summed E-state index contributed by atoms with van der Waals surface area (Å²) in [4.78, 5) is 0. The fourth-order valence-electron chi connectivity index (χ4n) is 2.74. The molecule has 114 valence electrons. The van der Waals surface area contributed by atoms with E-state index in [4.69, 9.17) is 4.74 Å². The van der Waals surface area contributed by atoms with Crippen molar-refractivity contribution in [3.63, 3.8) is 0 Å². The predicted molar refractivity (Wildman–Crippen MR) is 79.2 cm³/mol. The number of hydrogen-bond acceptors (Lipinski definition) is 4. The molecule has 1 N–H and O–H groups in total. The minimum absolute atomic E-state index is 0.253. The van der Waals surface area contributed by atoms with Gasteiger partial charge in [-0.1, -0.05) is 13.8 Å². The van der Waals surface area contributed by atoms with Gasteiger partial charge in [0.1, 0.15) is 9.84 Å². The van der Waals surface area contributed by atoms with E-state index in [1.54, 1.807) is 6.92 Å². The quantitative estimate of drug-likeness (QED) is 0.706. The molecule has 1 fully saturated rings. The van der Waals surface area contributed by atoms with Crippen LogP contribution in [0.15, 0.2) is 0 Å². The molecule has 1 rings (SSSR count). The summed E-state index contributed by atoms with van der Waals surface area (Å²) in [6.45, 7) is 7.83. The number of rotatable bonds is 9. The molecule has 0 aliphatic carbocycles. The molecule has 0 saturated carbocycles. The molecule has 3 unspecified atom stereocenters. The van der Waals surface area contributed by atoms with E-state index < -0.39 is 9.84 Å². The van der Waals surface area contributed by atoms with E-state index in [1.807, 2.05) is 0 Å². The zero-order chi connectivity index (χ0) is 14.3. The summed E-state index contributed by atoms with van der Waals surface area (Å²) < 4.78 is 28.7. The predicted octanol–water partition coefficient (Wildman–Crippen LogP) is 1.99. The Morgan fingerprint density at radius 2 is 2.11 bits per heavy atom. The van der Waals surface area contributed by atoms with Crippen LogP contribution in [0, 0.1) is 5.92 Å². The standard InChI is InChI=1S/C14H29NO3S/c1-4-9-15-14(13-8-10-18-12(13)3)7-6-11-19(16,17)5-2/h12-15H,4-11H2,1-3H3. The Kier molecular flexibility index (Phi) is 7.32. The van der Waals surface area contributed by atoms with Crippen LogP contribution >= 0.6 is 0 Å². The Balaban J connectivity index is 2.45. The maximum absolute atomic E-state index is 11.5. The van der Waals surface area contributed by atoms with Crippen molar-refractivity contribution in [2.24, 2.45) is 5.92 Å². The summed E-state index contributed by atoms with van der Waals surface area (Å²) in [6.07, 6.45) is 4.16. The molecule has 0 aromatic rings. The fourth-order valence-corrected chi connectivity index (χ4v) is 3.64. The molecule has 0 radical (unpaired) electrons. The monoisotopic (exact) mass is 291 g/mol. The van der Waals surface area contributed by atoms with Crippen LogP contribution in [0.3, 0.4) is 0 Å². The average molecular weight is 291 g/mol. The Bertz CT molecular complexity index is 343. The average Bonchev–Trinajstić information content (AvgIpc) is 2.80. The number of nitrogens with one attached hydrogen (secondary N) is 1. The number of sulfone groups is 1. The maximum Gasteiger partial charge on any atom is 0.150 e. The third-order valence-corrected chi connectivity index (χ3v) is 5.81. The minimum atomic E-state index is -2.83. The summed E-state index contributed by atoms with van der Waals surface area (Å²) in [5.41, 5.74) is 0. The van der Waals surface area contributed by atoms with Gasteiger partial charge in [-0.3, -0.25) is 0 Å². The molecule has 1 aliphatic rings. The summed E-state index contributed by atoms with van der Waals surface area (Å²) in [5, 5.41) is 3.57. The SMILES string of the molecule is CCCNC(CCCS(=O)(=O)CC)C1CCOC1C. The van der Waals surface area contributed by atoms with Gasteiger partial charge in [0.25, 0.3) is 0 Å². The first kappa shape index (κ1) is 16.9. The maximum atomic E-state index is 11.5. The topological polar surface area (TPSA) is 55.4 Å².